The number of amides is 2. The number of carbonyl (C=O) groups excluding carboxylic acids is 2. The third-order valence-corrected chi connectivity index (χ3v) is 3.40. The molecule has 0 aliphatic rings. The van der Waals surface area contributed by atoms with Crippen LogP contribution in [0.4, 0.5) is 0 Å². The summed E-state index contributed by atoms with van der Waals surface area (Å²) in [5.74, 6) is -1.69. The van der Waals surface area contributed by atoms with E-state index in [0.29, 0.717) is 10.4 Å². The van der Waals surface area contributed by atoms with Crippen LogP contribution in [0.25, 0.3) is 6.08 Å². The molecule has 0 bridgehead atoms. The molecule has 7 heteroatoms. The van der Waals surface area contributed by atoms with Crippen LogP contribution in [0.5, 0.6) is 0 Å². The number of hydrogen-bond acceptors (Lipinski definition) is 4. The lowest BCUT2D eigenvalue weighted by Crippen LogP contribution is -2.44. The van der Waals surface area contributed by atoms with E-state index in [9.17, 15) is 14.4 Å². The first-order chi connectivity index (χ1) is 9.32. The first kappa shape index (κ1) is 15.9. The van der Waals surface area contributed by atoms with Gasteiger partial charge in [-0.2, -0.15) is 0 Å². The normalized spacial score (nSPS) is 12.2. The molecule has 1 unspecified atom stereocenters. The number of nitrogens with zero attached hydrogens (tertiary/aromatic N) is 1. The number of carbonyl (C=O) groups is 3. The molecule has 0 aliphatic carbocycles. The number of rotatable bonds is 5. The molecular weight excluding hydrogens is 280 g/mol. The Morgan fingerprint density at radius 2 is 2.05 bits per heavy atom. The lowest BCUT2D eigenvalue weighted by Gasteiger charge is -2.17. The molecule has 0 aromatic carbocycles. The van der Waals surface area contributed by atoms with Gasteiger partial charge in [0.25, 0.3) is 5.91 Å². The second kappa shape index (κ2) is 6.85. The average molecular weight is 296 g/mol. The monoisotopic (exact) mass is 296 g/mol. The standard InChI is InChI=1S/C13H16N2O4S/c1-8(13(19)15(2)3)14-12(18)11-9(6-7-20-11)4-5-10(16)17/h4-8H,1-3H3,(H,14,18)(H,16,17). The fourth-order valence-electron chi connectivity index (χ4n) is 1.51. The lowest BCUT2D eigenvalue weighted by atomic mass is 10.2. The van der Waals surface area contributed by atoms with E-state index in [2.05, 4.69) is 5.32 Å². The van der Waals surface area contributed by atoms with Crippen LogP contribution in [-0.4, -0.2) is 47.9 Å². The Bertz CT molecular complexity index is 548. The maximum atomic E-state index is 12.1. The zero-order valence-corrected chi connectivity index (χ0v) is 12.2. The van der Waals surface area contributed by atoms with Crippen LogP contribution in [0.1, 0.15) is 22.2 Å². The second-order valence-corrected chi connectivity index (χ2v) is 5.22. The number of thiophene rings is 1. The van der Waals surface area contributed by atoms with Crippen molar-refractivity contribution in [1.29, 1.82) is 0 Å². The van der Waals surface area contributed by atoms with Crippen molar-refractivity contribution in [3.05, 3.63) is 28.0 Å². The zero-order valence-electron chi connectivity index (χ0n) is 11.4. The molecule has 0 spiro atoms. The Morgan fingerprint density at radius 1 is 1.40 bits per heavy atom. The van der Waals surface area contributed by atoms with E-state index in [1.807, 2.05) is 0 Å². The van der Waals surface area contributed by atoms with Crippen LogP contribution in [0, 0.1) is 0 Å². The quantitative estimate of drug-likeness (QED) is 0.795. The highest BCUT2D eigenvalue weighted by Gasteiger charge is 2.20. The van der Waals surface area contributed by atoms with Gasteiger partial charge in [-0.25, -0.2) is 4.79 Å². The number of carboxylic acid groups (broad SMARTS) is 1. The maximum Gasteiger partial charge on any atom is 0.328 e. The Morgan fingerprint density at radius 3 is 2.60 bits per heavy atom. The van der Waals surface area contributed by atoms with Crippen molar-refractivity contribution in [1.82, 2.24) is 10.2 Å². The summed E-state index contributed by atoms with van der Waals surface area (Å²) in [5.41, 5.74) is 0.513. The van der Waals surface area contributed by atoms with E-state index >= 15 is 0 Å². The molecule has 1 aromatic heterocycles. The number of carboxylic acids is 1. The molecule has 0 saturated heterocycles. The largest absolute Gasteiger partial charge is 0.478 e. The third kappa shape index (κ3) is 4.20. The van der Waals surface area contributed by atoms with Gasteiger partial charge in [0.1, 0.15) is 6.04 Å². The van der Waals surface area contributed by atoms with E-state index in [0.717, 1.165) is 6.08 Å². The van der Waals surface area contributed by atoms with Gasteiger partial charge in [-0.15, -0.1) is 11.3 Å². The molecule has 1 heterocycles. The predicted octanol–water partition coefficient (Wildman–Crippen LogP) is 1.05. The maximum absolute atomic E-state index is 12.1. The number of likely N-dealkylation sites (N-methyl/N-ethyl adjacent to an activating group) is 1. The van der Waals surface area contributed by atoms with Gasteiger partial charge < -0.3 is 15.3 Å². The van der Waals surface area contributed by atoms with Crippen molar-refractivity contribution in [3.63, 3.8) is 0 Å². The fraction of sp³-hybridized carbons (Fsp3) is 0.308. The predicted molar refractivity (Wildman–Crippen MR) is 76.6 cm³/mol. The molecular formula is C13H16N2O4S. The Hall–Kier alpha value is -2.15. The first-order valence-corrected chi connectivity index (χ1v) is 6.71. The zero-order chi connectivity index (χ0) is 15.3. The van der Waals surface area contributed by atoms with E-state index < -0.39 is 17.9 Å². The van der Waals surface area contributed by atoms with Crippen molar-refractivity contribution in [3.8, 4) is 0 Å². The Kier molecular flexibility index (Phi) is 5.45. The van der Waals surface area contributed by atoms with Gasteiger partial charge >= 0.3 is 5.97 Å². The smallest absolute Gasteiger partial charge is 0.328 e. The summed E-state index contributed by atoms with van der Waals surface area (Å²) in [4.78, 5) is 36.0. The minimum atomic E-state index is -1.08. The topological polar surface area (TPSA) is 86.7 Å². The van der Waals surface area contributed by atoms with Gasteiger partial charge in [-0.1, -0.05) is 0 Å². The van der Waals surface area contributed by atoms with Gasteiger partial charge in [0, 0.05) is 20.2 Å². The number of nitrogens with one attached hydrogen (secondary N) is 1. The van der Waals surface area contributed by atoms with Crippen LogP contribution >= 0.6 is 11.3 Å². The molecule has 6 nitrogen and oxygen atoms in total. The summed E-state index contributed by atoms with van der Waals surface area (Å²) < 4.78 is 0. The SMILES string of the molecule is CC(NC(=O)c1sccc1C=CC(=O)O)C(=O)N(C)C. The van der Waals surface area contributed by atoms with Gasteiger partial charge in [0.05, 0.1) is 4.88 Å². The molecule has 2 N–H and O–H groups in total. The van der Waals surface area contributed by atoms with Crippen molar-refractivity contribution in [2.45, 2.75) is 13.0 Å². The molecule has 2 amide bonds. The third-order valence-electron chi connectivity index (χ3n) is 2.47. The van der Waals surface area contributed by atoms with E-state index in [1.165, 1.54) is 22.3 Å². The van der Waals surface area contributed by atoms with E-state index in [4.69, 9.17) is 5.11 Å². The van der Waals surface area contributed by atoms with Crippen LogP contribution in [-0.2, 0) is 9.59 Å². The molecule has 0 saturated carbocycles. The highest BCUT2D eigenvalue weighted by molar-refractivity contribution is 7.12. The summed E-state index contributed by atoms with van der Waals surface area (Å²) >= 11 is 1.19. The molecule has 1 rings (SSSR count). The lowest BCUT2D eigenvalue weighted by molar-refractivity contribution is -0.131. The second-order valence-electron chi connectivity index (χ2n) is 4.30. The van der Waals surface area contributed by atoms with E-state index in [1.54, 1.807) is 32.5 Å². The minimum absolute atomic E-state index is 0.211. The van der Waals surface area contributed by atoms with Crippen LogP contribution < -0.4 is 5.32 Å². The van der Waals surface area contributed by atoms with Gasteiger partial charge in [0.2, 0.25) is 5.91 Å². The molecule has 1 atom stereocenters. The molecule has 20 heavy (non-hydrogen) atoms. The van der Waals surface area contributed by atoms with Crippen LogP contribution in [0.15, 0.2) is 17.5 Å². The average Bonchev–Trinajstić information content (AvgIpc) is 2.83. The van der Waals surface area contributed by atoms with Gasteiger partial charge in [-0.3, -0.25) is 9.59 Å². The van der Waals surface area contributed by atoms with Crippen molar-refractivity contribution in [2.24, 2.45) is 0 Å². The Labute approximate surface area is 120 Å². The fourth-order valence-corrected chi connectivity index (χ4v) is 2.30. The van der Waals surface area contributed by atoms with E-state index in [-0.39, 0.29) is 5.91 Å². The van der Waals surface area contributed by atoms with Crippen molar-refractivity contribution in [2.75, 3.05) is 14.1 Å². The highest BCUT2D eigenvalue weighted by Crippen LogP contribution is 2.18. The summed E-state index contributed by atoms with van der Waals surface area (Å²) in [6.45, 7) is 1.60. The molecule has 108 valence electrons. The van der Waals surface area contributed by atoms with Gasteiger partial charge in [0.15, 0.2) is 0 Å². The minimum Gasteiger partial charge on any atom is -0.478 e. The highest BCUT2D eigenvalue weighted by atomic mass is 32.1. The van der Waals surface area contributed by atoms with Crippen molar-refractivity contribution >= 4 is 35.2 Å². The van der Waals surface area contributed by atoms with Crippen molar-refractivity contribution < 1.29 is 19.5 Å². The van der Waals surface area contributed by atoms with Crippen LogP contribution in [0.3, 0.4) is 0 Å². The first-order valence-electron chi connectivity index (χ1n) is 5.83. The summed E-state index contributed by atoms with van der Waals surface area (Å²) in [6.07, 6.45) is 2.32. The summed E-state index contributed by atoms with van der Waals surface area (Å²) in [5, 5.41) is 12.9. The molecule has 0 radical (unpaired) electrons. The number of aliphatic carboxylic acids is 1. The molecule has 1 aromatic rings. The Balaban J connectivity index is 2.81. The molecule has 0 fully saturated rings. The summed E-state index contributed by atoms with van der Waals surface area (Å²) in [6, 6.07) is 1.01. The summed E-state index contributed by atoms with van der Waals surface area (Å²) in [7, 11) is 3.22. The molecule has 0 aliphatic heterocycles. The number of hydrogen-bond donors (Lipinski definition) is 2. The van der Waals surface area contributed by atoms with Crippen LogP contribution in [0.2, 0.25) is 0 Å². The van der Waals surface area contributed by atoms with Gasteiger partial charge in [-0.05, 0) is 30.0 Å².